The number of likely N-dealkylation sites (tertiary alicyclic amines) is 1. The van der Waals surface area contributed by atoms with Crippen molar-refractivity contribution < 1.29 is 22.7 Å². The van der Waals surface area contributed by atoms with Gasteiger partial charge in [-0.3, -0.25) is 4.72 Å². The smallest absolute Gasteiger partial charge is 0.410 e. The third kappa shape index (κ3) is 6.18. The summed E-state index contributed by atoms with van der Waals surface area (Å²) in [6, 6.07) is 17.0. The molecule has 7 nitrogen and oxygen atoms in total. The second kappa shape index (κ2) is 9.95. The maximum atomic E-state index is 12.9. The van der Waals surface area contributed by atoms with Gasteiger partial charge in [-0.25, -0.2) is 13.2 Å². The zero-order chi connectivity index (χ0) is 25.2. The van der Waals surface area contributed by atoms with Gasteiger partial charge in [0.2, 0.25) is 0 Å². The molecule has 1 saturated heterocycles. The SMILES string of the molecule is CC(C)(C)OC(=O)N1CCC(Oc2ccc(NS(=O)(=O)c3ccc(Cl)cc3)c3ccccc23)CC1. The van der Waals surface area contributed by atoms with Crippen molar-refractivity contribution in [3.05, 3.63) is 65.7 Å². The zero-order valence-corrected chi connectivity index (χ0v) is 21.5. The number of nitrogens with one attached hydrogen (secondary N) is 1. The van der Waals surface area contributed by atoms with E-state index in [1.165, 1.54) is 12.1 Å². The highest BCUT2D eigenvalue weighted by atomic mass is 35.5. The highest BCUT2D eigenvalue weighted by molar-refractivity contribution is 7.92. The number of sulfonamides is 1. The molecule has 3 aromatic carbocycles. The molecule has 1 aliphatic heterocycles. The predicted molar refractivity (Wildman–Crippen MR) is 138 cm³/mol. The van der Waals surface area contributed by atoms with E-state index in [0.717, 1.165) is 10.8 Å². The van der Waals surface area contributed by atoms with Gasteiger partial charge in [-0.1, -0.05) is 35.9 Å². The van der Waals surface area contributed by atoms with E-state index in [1.807, 2.05) is 45.0 Å². The van der Waals surface area contributed by atoms with Crippen LogP contribution in [0.3, 0.4) is 0 Å². The van der Waals surface area contributed by atoms with Crippen molar-refractivity contribution in [2.24, 2.45) is 0 Å². The molecule has 9 heteroatoms. The van der Waals surface area contributed by atoms with E-state index in [9.17, 15) is 13.2 Å². The number of anilines is 1. The average molecular weight is 517 g/mol. The van der Waals surface area contributed by atoms with Crippen LogP contribution in [0.4, 0.5) is 10.5 Å². The number of rotatable bonds is 5. The Kier molecular flexibility index (Phi) is 7.15. The molecule has 186 valence electrons. The van der Waals surface area contributed by atoms with Crippen molar-refractivity contribution in [1.82, 2.24) is 4.90 Å². The van der Waals surface area contributed by atoms with Gasteiger partial charge in [-0.2, -0.15) is 0 Å². The summed E-state index contributed by atoms with van der Waals surface area (Å²) in [6.45, 7) is 6.66. The van der Waals surface area contributed by atoms with Gasteiger partial charge in [0, 0.05) is 41.7 Å². The molecular weight excluding hydrogens is 488 g/mol. The lowest BCUT2D eigenvalue weighted by Crippen LogP contribution is -2.44. The van der Waals surface area contributed by atoms with Crippen LogP contribution in [0.15, 0.2) is 65.6 Å². The van der Waals surface area contributed by atoms with E-state index in [1.54, 1.807) is 29.2 Å². The Bertz CT molecular complexity index is 1310. The van der Waals surface area contributed by atoms with Crippen LogP contribution in [0, 0.1) is 0 Å². The normalized spacial score (nSPS) is 15.1. The molecule has 1 fully saturated rings. The Morgan fingerprint density at radius 2 is 1.60 bits per heavy atom. The molecule has 35 heavy (non-hydrogen) atoms. The van der Waals surface area contributed by atoms with Crippen LogP contribution in [-0.4, -0.2) is 44.2 Å². The molecule has 0 saturated carbocycles. The Morgan fingerprint density at radius 3 is 2.23 bits per heavy atom. The number of benzene rings is 3. The van der Waals surface area contributed by atoms with Gasteiger partial charge in [0.25, 0.3) is 10.0 Å². The van der Waals surface area contributed by atoms with E-state index >= 15 is 0 Å². The Hall–Kier alpha value is -2.97. The molecule has 0 radical (unpaired) electrons. The zero-order valence-electron chi connectivity index (χ0n) is 20.0. The lowest BCUT2D eigenvalue weighted by molar-refractivity contribution is 0.0128. The summed E-state index contributed by atoms with van der Waals surface area (Å²) in [6.07, 6.45) is 0.990. The molecular formula is C26H29ClN2O5S. The first-order valence-electron chi connectivity index (χ1n) is 11.5. The molecule has 1 amide bonds. The fourth-order valence-electron chi connectivity index (χ4n) is 3.94. The van der Waals surface area contributed by atoms with Crippen LogP contribution in [0.1, 0.15) is 33.6 Å². The first-order valence-corrected chi connectivity index (χ1v) is 13.3. The number of fused-ring (bicyclic) bond motifs is 1. The fourth-order valence-corrected chi connectivity index (χ4v) is 5.15. The van der Waals surface area contributed by atoms with Crippen LogP contribution in [0.5, 0.6) is 5.75 Å². The number of carbonyl (C=O) groups excluding carboxylic acids is 1. The third-order valence-electron chi connectivity index (χ3n) is 5.64. The van der Waals surface area contributed by atoms with Crippen molar-refractivity contribution in [3.8, 4) is 5.75 Å². The maximum absolute atomic E-state index is 12.9. The fraction of sp³-hybridized carbons (Fsp3) is 0.346. The summed E-state index contributed by atoms with van der Waals surface area (Å²) < 4.78 is 40.3. The van der Waals surface area contributed by atoms with Gasteiger partial charge in [-0.05, 0) is 57.2 Å². The number of halogens is 1. The van der Waals surface area contributed by atoms with E-state index in [0.29, 0.717) is 42.4 Å². The van der Waals surface area contributed by atoms with E-state index < -0.39 is 15.6 Å². The molecule has 0 bridgehead atoms. The first-order chi connectivity index (χ1) is 16.5. The number of hydrogen-bond acceptors (Lipinski definition) is 5. The molecule has 0 aliphatic carbocycles. The first kappa shape index (κ1) is 25.1. The van der Waals surface area contributed by atoms with Gasteiger partial charge in [0.15, 0.2) is 0 Å². The predicted octanol–water partition coefficient (Wildman–Crippen LogP) is 6.07. The molecule has 0 spiro atoms. The number of hydrogen-bond donors (Lipinski definition) is 1. The van der Waals surface area contributed by atoms with Gasteiger partial charge < -0.3 is 14.4 Å². The molecule has 0 unspecified atom stereocenters. The molecule has 1 N–H and O–H groups in total. The maximum Gasteiger partial charge on any atom is 0.410 e. The monoisotopic (exact) mass is 516 g/mol. The van der Waals surface area contributed by atoms with Gasteiger partial charge >= 0.3 is 6.09 Å². The number of piperidine rings is 1. The number of amides is 1. The highest BCUT2D eigenvalue weighted by Gasteiger charge is 2.28. The largest absolute Gasteiger partial charge is 0.490 e. The molecule has 1 aliphatic rings. The Morgan fingerprint density at radius 1 is 0.971 bits per heavy atom. The standard InChI is InChI=1S/C26H29ClN2O5S/c1-26(2,3)34-25(30)29-16-14-19(15-17-29)33-24-13-12-23(21-6-4-5-7-22(21)24)28-35(31,32)20-10-8-18(27)9-11-20/h4-13,19,28H,14-17H2,1-3H3. The summed E-state index contributed by atoms with van der Waals surface area (Å²) in [5, 5.41) is 2.00. The van der Waals surface area contributed by atoms with Crippen LogP contribution < -0.4 is 9.46 Å². The van der Waals surface area contributed by atoms with Crippen molar-refractivity contribution in [2.45, 2.75) is 50.2 Å². The van der Waals surface area contributed by atoms with Crippen LogP contribution >= 0.6 is 11.6 Å². The molecule has 1 heterocycles. The average Bonchev–Trinajstić information content (AvgIpc) is 2.80. The van der Waals surface area contributed by atoms with Crippen LogP contribution in [0.25, 0.3) is 10.8 Å². The molecule has 0 atom stereocenters. The van der Waals surface area contributed by atoms with E-state index in [2.05, 4.69) is 4.72 Å². The van der Waals surface area contributed by atoms with E-state index in [4.69, 9.17) is 21.1 Å². The molecule has 3 aromatic rings. The van der Waals surface area contributed by atoms with Crippen molar-refractivity contribution in [1.29, 1.82) is 0 Å². The topological polar surface area (TPSA) is 84.9 Å². The van der Waals surface area contributed by atoms with Gasteiger partial charge in [0.05, 0.1) is 10.6 Å². The van der Waals surface area contributed by atoms with Crippen molar-refractivity contribution in [3.63, 3.8) is 0 Å². The third-order valence-corrected chi connectivity index (χ3v) is 7.27. The minimum absolute atomic E-state index is 0.0614. The van der Waals surface area contributed by atoms with Crippen LogP contribution in [0.2, 0.25) is 5.02 Å². The number of nitrogens with zero attached hydrogens (tertiary/aromatic N) is 1. The Balaban J connectivity index is 1.49. The Labute approximate surface area is 211 Å². The number of ether oxygens (including phenoxy) is 2. The second-order valence-corrected chi connectivity index (χ2v) is 11.6. The lowest BCUT2D eigenvalue weighted by Gasteiger charge is -2.33. The molecule has 4 rings (SSSR count). The summed E-state index contributed by atoms with van der Waals surface area (Å²) >= 11 is 5.89. The summed E-state index contributed by atoms with van der Waals surface area (Å²) in [4.78, 5) is 14.2. The number of carbonyl (C=O) groups is 1. The summed E-state index contributed by atoms with van der Waals surface area (Å²) in [7, 11) is -3.79. The van der Waals surface area contributed by atoms with Crippen LogP contribution in [-0.2, 0) is 14.8 Å². The minimum atomic E-state index is -3.79. The van der Waals surface area contributed by atoms with Gasteiger partial charge in [-0.15, -0.1) is 0 Å². The van der Waals surface area contributed by atoms with Gasteiger partial charge in [0.1, 0.15) is 17.5 Å². The highest BCUT2D eigenvalue weighted by Crippen LogP contribution is 2.34. The van der Waals surface area contributed by atoms with E-state index in [-0.39, 0.29) is 17.1 Å². The minimum Gasteiger partial charge on any atom is -0.490 e. The quantitative estimate of drug-likeness (QED) is 0.444. The lowest BCUT2D eigenvalue weighted by atomic mass is 10.1. The molecule has 0 aromatic heterocycles. The van der Waals surface area contributed by atoms with Crippen molar-refractivity contribution in [2.75, 3.05) is 17.8 Å². The summed E-state index contributed by atoms with van der Waals surface area (Å²) in [5.41, 5.74) is -0.0668. The summed E-state index contributed by atoms with van der Waals surface area (Å²) in [5.74, 6) is 0.672. The van der Waals surface area contributed by atoms with Crippen molar-refractivity contribution >= 4 is 44.2 Å². The second-order valence-electron chi connectivity index (χ2n) is 9.50.